The fourth-order valence-corrected chi connectivity index (χ4v) is 1.64. The van der Waals surface area contributed by atoms with Crippen LogP contribution < -0.4 is 16.2 Å². The Morgan fingerprint density at radius 1 is 1.35 bits per heavy atom. The molecule has 8 nitrogen and oxygen atoms in total. The van der Waals surface area contributed by atoms with E-state index in [4.69, 9.17) is 20.6 Å². The van der Waals surface area contributed by atoms with Gasteiger partial charge in [-0.15, -0.1) is 0 Å². The van der Waals surface area contributed by atoms with Crippen LogP contribution in [0, 0.1) is 11.3 Å². The number of nitriles is 1. The lowest BCUT2D eigenvalue weighted by Gasteiger charge is -2.23. The molecule has 110 valence electrons. The molecule has 0 saturated carbocycles. The number of nitrogens with two attached hydrogens (primary N) is 1. The van der Waals surface area contributed by atoms with Gasteiger partial charge in [0.25, 0.3) is 0 Å². The molecule has 20 heavy (non-hydrogen) atoms. The summed E-state index contributed by atoms with van der Waals surface area (Å²) < 4.78 is 10.1. The van der Waals surface area contributed by atoms with Crippen LogP contribution in [-0.4, -0.2) is 43.9 Å². The van der Waals surface area contributed by atoms with Crippen molar-refractivity contribution < 1.29 is 9.47 Å². The monoisotopic (exact) mass is 280 g/mol. The van der Waals surface area contributed by atoms with Gasteiger partial charge in [0.2, 0.25) is 0 Å². The van der Waals surface area contributed by atoms with Gasteiger partial charge < -0.3 is 19.8 Å². The van der Waals surface area contributed by atoms with Crippen LogP contribution in [0.2, 0.25) is 0 Å². The van der Waals surface area contributed by atoms with E-state index in [0.717, 1.165) is 0 Å². The predicted molar refractivity (Wildman–Crippen MR) is 74.9 cm³/mol. The highest BCUT2D eigenvalue weighted by Gasteiger charge is 2.11. The van der Waals surface area contributed by atoms with E-state index < -0.39 is 0 Å². The van der Waals surface area contributed by atoms with E-state index in [1.807, 2.05) is 4.90 Å². The molecule has 0 fully saturated rings. The summed E-state index contributed by atoms with van der Waals surface area (Å²) in [6.45, 7) is 2.03. The molecule has 0 amide bonds. The van der Waals surface area contributed by atoms with Crippen molar-refractivity contribution in [1.82, 2.24) is 9.97 Å². The second-order valence-corrected chi connectivity index (χ2v) is 3.99. The number of rotatable bonds is 9. The fourth-order valence-electron chi connectivity index (χ4n) is 1.64. The quantitative estimate of drug-likeness (QED) is 0.490. The molecule has 0 atom stereocenters. The van der Waals surface area contributed by atoms with E-state index in [1.165, 1.54) is 0 Å². The number of nitrogens with one attached hydrogen (secondary N) is 1. The lowest BCUT2D eigenvalue weighted by Crippen LogP contribution is -2.29. The molecular weight excluding hydrogens is 260 g/mol. The first kappa shape index (κ1) is 16.1. The van der Waals surface area contributed by atoms with Crippen molar-refractivity contribution in [1.29, 1.82) is 5.26 Å². The highest BCUT2D eigenvalue weighted by atomic mass is 16.5. The molecule has 0 unspecified atom stereocenters. The van der Waals surface area contributed by atoms with Gasteiger partial charge >= 0.3 is 0 Å². The molecule has 1 aromatic heterocycles. The average Bonchev–Trinajstić information content (AvgIpc) is 2.47. The minimum atomic E-state index is 0.291. The van der Waals surface area contributed by atoms with Crippen molar-refractivity contribution in [2.24, 2.45) is 5.84 Å². The smallest absolute Gasteiger partial charge is 0.158 e. The van der Waals surface area contributed by atoms with Gasteiger partial charge in [0.15, 0.2) is 5.82 Å². The van der Waals surface area contributed by atoms with Gasteiger partial charge in [-0.25, -0.2) is 15.8 Å². The van der Waals surface area contributed by atoms with Crippen molar-refractivity contribution in [2.45, 2.75) is 13.0 Å². The molecular formula is C12H20N6O2. The number of methoxy groups -OCH3 is 2. The Morgan fingerprint density at radius 2 is 2.15 bits per heavy atom. The maximum absolute atomic E-state index is 8.73. The SMILES string of the molecule is COCCN(CCC#N)c1cc(NN)nc(COC)n1. The van der Waals surface area contributed by atoms with Crippen LogP contribution in [0.15, 0.2) is 6.07 Å². The molecule has 0 spiro atoms. The van der Waals surface area contributed by atoms with Crippen molar-refractivity contribution in [2.75, 3.05) is 44.2 Å². The van der Waals surface area contributed by atoms with E-state index in [9.17, 15) is 0 Å². The molecule has 1 heterocycles. The lowest BCUT2D eigenvalue weighted by atomic mass is 10.3. The summed E-state index contributed by atoms with van der Waals surface area (Å²) >= 11 is 0. The Bertz CT molecular complexity index is 448. The topological polar surface area (TPSA) is 109 Å². The van der Waals surface area contributed by atoms with E-state index in [1.54, 1.807) is 20.3 Å². The van der Waals surface area contributed by atoms with Gasteiger partial charge in [0, 0.05) is 33.4 Å². The maximum Gasteiger partial charge on any atom is 0.158 e. The zero-order valence-electron chi connectivity index (χ0n) is 11.8. The first-order chi connectivity index (χ1) is 9.74. The number of nitrogens with zero attached hydrogens (tertiary/aromatic N) is 4. The van der Waals surface area contributed by atoms with Gasteiger partial charge in [-0.2, -0.15) is 5.26 Å². The summed E-state index contributed by atoms with van der Waals surface area (Å²) in [5.41, 5.74) is 2.50. The Hall–Kier alpha value is -1.95. The van der Waals surface area contributed by atoms with Crippen LogP contribution in [0.1, 0.15) is 12.2 Å². The number of hydrogen-bond donors (Lipinski definition) is 2. The molecule has 3 N–H and O–H groups in total. The highest BCUT2D eigenvalue weighted by molar-refractivity contribution is 5.49. The van der Waals surface area contributed by atoms with Crippen molar-refractivity contribution in [3.05, 3.63) is 11.9 Å². The second-order valence-electron chi connectivity index (χ2n) is 3.99. The number of aromatic nitrogens is 2. The molecule has 1 rings (SSSR count). The minimum absolute atomic E-state index is 0.291. The van der Waals surface area contributed by atoms with E-state index in [2.05, 4.69) is 21.5 Å². The molecule has 0 saturated heterocycles. The number of ether oxygens (including phenoxy) is 2. The molecule has 0 aromatic carbocycles. The van der Waals surface area contributed by atoms with Gasteiger partial charge in [-0.3, -0.25) is 0 Å². The van der Waals surface area contributed by atoms with Gasteiger partial charge in [-0.1, -0.05) is 0 Å². The van der Waals surface area contributed by atoms with Crippen LogP contribution in [0.25, 0.3) is 0 Å². The average molecular weight is 280 g/mol. The second kappa shape index (κ2) is 9.03. The third kappa shape index (κ3) is 4.97. The minimum Gasteiger partial charge on any atom is -0.383 e. The zero-order valence-corrected chi connectivity index (χ0v) is 11.8. The molecule has 0 aliphatic carbocycles. The summed E-state index contributed by atoms with van der Waals surface area (Å²) in [5.74, 6) is 7.12. The summed E-state index contributed by atoms with van der Waals surface area (Å²) in [6, 6.07) is 3.85. The fraction of sp³-hybridized carbons (Fsp3) is 0.583. The number of hydrazine groups is 1. The standard InChI is InChI=1S/C12H20N6O2/c1-19-7-6-18(5-3-4-13)12-8-10(17-14)15-11(16-12)9-20-2/h8H,3,5-7,9,14H2,1-2H3,(H,15,16,17). The molecule has 0 radical (unpaired) electrons. The summed E-state index contributed by atoms with van der Waals surface area (Å²) in [7, 11) is 3.20. The third-order valence-corrected chi connectivity index (χ3v) is 2.56. The van der Waals surface area contributed by atoms with Crippen LogP contribution in [-0.2, 0) is 16.1 Å². The summed E-state index contributed by atoms with van der Waals surface area (Å²) in [4.78, 5) is 10.5. The number of hydrogen-bond acceptors (Lipinski definition) is 8. The molecule has 1 aromatic rings. The van der Waals surface area contributed by atoms with Crippen LogP contribution in [0.4, 0.5) is 11.6 Å². The first-order valence-electron chi connectivity index (χ1n) is 6.19. The maximum atomic E-state index is 8.73. The molecule has 0 aliphatic rings. The first-order valence-corrected chi connectivity index (χ1v) is 6.19. The van der Waals surface area contributed by atoms with E-state index in [0.29, 0.717) is 50.2 Å². The summed E-state index contributed by atoms with van der Waals surface area (Å²) in [5, 5.41) is 8.73. The Balaban J connectivity index is 2.96. The van der Waals surface area contributed by atoms with Crippen molar-refractivity contribution >= 4 is 11.6 Å². The Labute approximate surface area is 118 Å². The Morgan fingerprint density at radius 3 is 2.75 bits per heavy atom. The van der Waals surface area contributed by atoms with Crippen molar-refractivity contribution in [3.63, 3.8) is 0 Å². The predicted octanol–water partition coefficient (Wildman–Crippen LogP) is 0.275. The van der Waals surface area contributed by atoms with Gasteiger partial charge in [0.05, 0.1) is 19.1 Å². The van der Waals surface area contributed by atoms with E-state index in [-0.39, 0.29) is 0 Å². The summed E-state index contributed by atoms with van der Waals surface area (Å²) in [6.07, 6.45) is 0.402. The number of nitrogen functional groups attached to an aromatic ring is 1. The van der Waals surface area contributed by atoms with Crippen LogP contribution in [0.3, 0.4) is 0 Å². The molecule has 0 bridgehead atoms. The van der Waals surface area contributed by atoms with Gasteiger partial charge in [0.1, 0.15) is 18.2 Å². The van der Waals surface area contributed by atoms with Gasteiger partial charge in [-0.05, 0) is 0 Å². The van der Waals surface area contributed by atoms with Crippen molar-refractivity contribution in [3.8, 4) is 6.07 Å². The largest absolute Gasteiger partial charge is 0.383 e. The third-order valence-electron chi connectivity index (χ3n) is 2.56. The highest BCUT2D eigenvalue weighted by Crippen LogP contribution is 2.16. The molecule has 8 heteroatoms. The van der Waals surface area contributed by atoms with Crippen LogP contribution >= 0.6 is 0 Å². The normalized spacial score (nSPS) is 10.1. The van der Waals surface area contributed by atoms with E-state index >= 15 is 0 Å². The zero-order chi connectivity index (χ0) is 14.8. The Kier molecular flexibility index (Phi) is 7.27. The van der Waals surface area contributed by atoms with Crippen LogP contribution in [0.5, 0.6) is 0 Å². The lowest BCUT2D eigenvalue weighted by molar-refractivity contribution is 0.178. The number of anilines is 2. The molecule has 0 aliphatic heterocycles.